The molecule has 0 radical (unpaired) electrons. The molecular formula is C16H12Cl3N3O3. The Bertz CT molecular complexity index is 807. The van der Waals surface area contributed by atoms with Crippen LogP contribution in [0.15, 0.2) is 42.5 Å². The van der Waals surface area contributed by atoms with Crippen molar-refractivity contribution in [2.75, 3.05) is 17.2 Å². The van der Waals surface area contributed by atoms with Gasteiger partial charge in [-0.25, -0.2) is 0 Å². The molecule has 2 rings (SSSR count). The number of rotatable bonds is 4. The molecule has 0 spiro atoms. The van der Waals surface area contributed by atoms with E-state index in [1.165, 1.54) is 24.3 Å². The van der Waals surface area contributed by atoms with Crippen LogP contribution in [0.1, 0.15) is 0 Å². The quantitative estimate of drug-likeness (QED) is 0.688. The van der Waals surface area contributed by atoms with Gasteiger partial charge in [0.15, 0.2) is 0 Å². The average molecular weight is 401 g/mol. The van der Waals surface area contributed by atoms with Crippen molar-refractivity contribution in [1.82, 2.24) is 5.32 Å². The lowest BCUT2D eigenvalue weighted by atomic mass is 10.3. The van der Waals surface area contributed by atoms with Crippen LogP contribution in [0, 0.1) is 0 Å². The normalized spacial score (nSPS) is 10.0. The third kappa shape index (κ3) is 6.26. The third-order valence-electron chi connectivity index (χ3n) is 2.84. The maximum atomic E-state index is 11.8. The fourth-order valence-corrected chi connectivity index (χ4v) is 2.54. The summed E-state index contributed by atoms with van der Waals surface area (Å²) >= 11 is 17.4. The third-order valence-corrected chi connectivity index (χ3v) is 3.52. The van der Waals surface area contributed by atoms with E-state index in [0.717, 1.165) is 0 Å². The number of halogens is 3. The minimum Gasteiger partial charge on any atom is -0.339 e. The second kappa shape index (κ2) is 8.71. The van der Waals surface area contributed by atoms with E-state index in [-0.39, 0.29) is 0 Å². The number of hydrogen-bond acceptors (Lipinski definition) is 3. The van der Waals surface area contributed by atoms with E-state index in [9.17, 15) is 14.4 Å². The van der Waals surface area contributed by atoms with E-state index in [0.29, 0.717) is 26.4 Å². The molecule has 0 saturated carbocycles. The van der Waals surface area contributed by atoms with Crippen LogP contribution < -0.4 is 16.0 Å². The molecule has 0 atom stereocenters. The Hall–Kier alpha value is -2.28. The minimum absolute atomic E-state index is 0.354. The van der Waals surface area contributed by atoms with Crippen LogP contribution in [0.2, 0.25) is 15.1 Å². The first kappa shape index (κ1) is 19.1. The largest absolute Gasteiger partial charge is 0.339 e. The van der Waals surface area contributed by atoms with Crippen LogP contribution in [-0.4, -0.2) is 24.3 Å². The van der Waals surface area contributed by atoms with Gasteiger partial charge in [-0.05, 0) is 36.4 Å². The van der Waals surface area contributed by atoms with Gasteiger partial charge in [-0.15, -0.1) is 0 Å². The minimum atomic E-state index is -0.959. The molecule has 0 aliphatic carbocycles. The summed E-state index contributed by atoms with van der Waals surface area (Å²) in [6, 6.07) is 10.8. The molecule has 0 aliphatic rings. The van der Waals surface area contributed by atoms with Gasteiger partial charge in [-0.2, -0.15) is 0 Å². The van der Waals surface area contributed by atoms with E-state index < -0.39 is 24.3 Å². The molecule has 2 aromatic rings. The number of benzene rings is 2. The smallest absolute Gasteiger partial charge is 0.313 e. The number of amides is 3. The summed E-state index contributed by atoms with van der Waals surface area (Å²) in [7, 11) is 0. The van der Waals surface area contributed by atoms with Gasteiger partial charge in [-0.3, -0.25) is 14.4 Å². The number of hydrogen-bond donors (Lipinski definition) is 3. The van der Waals surface area contributed by atoms with Crippen LogP contribution in [-0.2, 0) is 14.4 Å². The van der Waals surface area contributed by atoms with Crippen LogP contribution in [0.4, 0.5) is 11.4 Å². The summed E-state index contributed by atoms with van der Waals surface area (Å²) in [6.07, 6.45) is 0. The summed E-state index contributed by atoms with van der Waals surface area (Å²) in [5, 5.41) is 8.20. The highest BCUT2D eigenvalue weighted by Crippen LogP contribution is 2.22. The van der Waals surface area contributed by atoms with Crippen LogP contribution in [0.5, 0.6) is 0 Å². The molecule has 2 aromatic carbocycles. The van der Waals surface area contributed by atoms with Crippen molar-refractivity contribution in [3.8, 4) is 0 Å². The van der Waals surface area contributed by atoms with E-state index in [4.69, 9.17) is 34.8 Å². The van der Waals surface area contributed by atoms with Crippen molar-refractivity contribution in [3.63, 3.8) is 0 Å². The van der Waals surface area contributed by atoms with Crippen molar-refractivity contribution in [1.29, 1.82) is 0 Å². The molecule has 3 N–H and O–H groups in total. The average Bonchev–Trinajstić information content (AvgIpc) is 2.51. The molecule has 0 unspecified atom stereocenters. The molecule has 0 heterocycles. The molecule has 130 valence electrons. The first-order valence-corrected chi connectivity index (χ1v) is 8.07. The molecule has 6 nitrogen and oxygen atoms in total. The number of nitrogens with one attached hydrogen (secondary N) is 3. The van der Waals surface area contributed by atoms with Crippen molar-refractivity contribution >= 4 is 63.9 Å². The van der Waals surface area contributed by atoms with Crippen LogP contribution >= 0.6 is 34.8 Å². The zero-order valence-electron chi connectivity index (χ0n) is 12.6. The predicted octanol–water partition coefficient (Wildman–Crippen LogP) is 3.34. The highest BCUT2D eigenvalue weighted by Gasteiger charge is 2.15. The second-order valence-corrected chi connectivity index (χ2v) is 6.16. The molecule has 25 heavy (non-hydrogen) atoms. The summed E-state index contributed by atoms with van der Waals surface area (Å²) in [4.78, 5) is 35.3. The molecular weight excluding hydrogens is 389 g/mol. The van der Waals surface area contributed by atoms with Crippen LogP contribution in [0.25, 0.3) is 0 Å². The molecule has 0 fully saturated rings. The maximum Gasteiger partial charge on any atom is 0.313 e. The summed E-state index contributed by atoms with van der Waals surface area (Å²) in [5.41, 5.74) is 0.741. The SMILES string of the molecule is O=C(CNC(=O)C(=O)Nc1cccc(Cl)c1)Nc1cc(Cl)cc(Cl)c1. The Morgan fingerprint density at radius 1 is 0.760 bits per heavy atom. The Morgan fingerprint density at radius 3 is 2.04 bits per heavy atom. The van der Waals surface area contributed by atoms with Gasteiger partial charge < -0.3 is 16.0 Å². The molecule has 0 aromatic heterocycles. The van der Waals surface area contributed by atoms with Crippen molar-refractivity contribution in [3.05, 3.63) is 57.5 Å². The Labute approximate surface area is 158 Å². The fraction of sp³-hybridized carbons (Fsp3) is 0.0625. The zero-order chi connectivity index (χ0) is 18.4. The molecule has 0 bridgehead atoms. The Morgan fingerprint density at radius 2 is 1.40 bits per heavy atom. The first-order valence-electron chi connectivity index (χ1n) is 6.94. The Kier molecular flexibility index (Phi) is 6.64. The second-order valence-electron chi connectivity index (χ2n) is 4.85. The van der Waals surface area contributed by atoms with Gasteiger partial charge in [-0.1, -0.05) is 40.9 Å². The van der Waals surface area contributed by atoms with Gasteiger partial charge in [0.25, 0.3) is 0 Å². The molecule has 0 aliphatic heterocycles. The van der Waals surface area contributed by atoms with Crippen molar-refractivity contribution in [2.45, 2.75) is 0 Å². The summed E-state index contributed by atoms with van der Waals surface area (Å²) < 4.78 is 0. The van der Waals surface area contributed by atoms with Gasteiger partial charge in [0.2, 0.25) is 5.91 Å². The topological polar surface area (TPSA) is 87.3 Å². The number of anilines is 2. The monoisotopic (exact) mass is 399 g/mol. The van der Waals surface area contributed by atoms with Gasteiger partial charge in [0, 0.05) is 26.4 Å². The predicted molar refractivity (Wildman–Crippen MR) is 98.2 cm³/mol. The standard InChI is InChI=1S/C16H12Cl3N3O3/c17-9-2-1-3-12(5-9)22-16(25)15(24)20-8-14(23)21-13-6-10(18)4-11(19)7-13/h1-7H,8H2,(H,20,24)(H,21,23)(H,22,25). The van der Waals surface area contributed by atoms with Crippen molar-refractivity contribution < 1.29 is 14.4 Å². The van der Waals surface area contributed by atoms with Gasteiger partial charge >= 0.3 is 11.8 Å². The van der Waals surface area contributed by atoms with Crippen molar-refractivity contribution in [2.24, 2.45) is 0 Å². The van der Waals surface area contributed by atoms with Gasteiger partial charge in [0.1, 0.15) is 0 Å². The molecule has 3 amide bonds. The molecule has 0 saturated heterocycles. The lowest BCUT2D eigenvalue weighted by Gasteiger charge is -2.08. The summed E-state index contributed by atoms with van der Waals surface area (Å²) in [6.45, 7) is -0.397. The lowest BCUT2D eigenvalue weighted by molar-refractivity contribution is -0.136. The molecule has 9 heteroatoms. The Balaban J connectivity index is 1.84. The fourth-order valence-electron chi connectivity index (χ4n) is 1.83. The highest BCUT2D eigenvalue weighted by atomic mass is 35.5. The number of carbonyl (C=O) groups excluding carboxylic acids is 3. The van der Waals surface area contributed by atoms with E-state index in [1.807, 2.05) is 0 Å². The highest BCUT2D eigenvalue weighted by molar-refractivity contribution is 6.40. The summed E-state index contributed by atoms with van der Waals surface area (Å²) in [5.74, 6) is -2.41. The maximum absolute atomic E-state index is 11.8. The van der Waals surface area contributed by atoms with Gasteiger partial charge in [0.05, 0.1) is 6.54 Å². The number of carbonyl (C=O) groups is 3. The lowest BCUT2D eigenvalue weighted by Crippen LogP contribution is -2.39. The van der Waals surface area contributed by atoms with E-state index in [1.54, 1.807) is 18.2 Å². The van der Waals surface area contributed by atoms with E-state index >= 15 is 0 Å². The zero-order valence-corrected chi connectivity index (χ0v) is 14.9. The van der Waals surface area contributed by atoms with Crippen LogP contribution in [0.3, 0.4) is 0 Å². The first-order chi connectivity index (χ1) is 11.8. The van der Waals surface area contributed by atoms with E-state index in [2.05, 4.69) is 16.0 Å².